The number of allylic oxidation sites excluding steroid dienone is 4. The van der Waals surface area contributed by atoms with E-state index in [2.05, 4.69) is 97.1 Å². The van der Waals surface area contributed by atoms with Gasteiger partial charge in [-0.3, -0.25) is 0 Å². The topological polar surface area (TPSA) is 38.7 Å². The van der Waals surface area contributed by atoms with E-state index in [1.54, 1.807) is 0 Å². The first-order chi connectivity index (χ1) is 19.2. The van der Waals surface area contributed by atoms with Crippen molar-refractivity contribution in [2.75, 3.05) is 0 Å². The molecular weight excluding hydrogens is 498 g/mol. The third-order valence-electron chi connectivity index (χ3n) is 7.31. The van der Waals surface area contributed by atoms with E-state index in [0.29, 0.717) is 28.4 Å². The number of fused-ring (bicyclic) bond motifs is 2. The van der Waals surface area contributed by atoms with Gasteiger partial charge in [-0.05, 0) is 63.9 Å². The van der Waals surface area contributed by atoms with Crippen LogP contribution in [0.15, 0.2) is 127 Å². The molecule has 3 nitrogen and oxygen atoms in total. The van der Waals surface area contributed by atoms with Gasteiger partial charge < -0.3 is 0 Å². The molecule has 0 amide bonds. The lowest BCUT2D eigenvalue weighted by Gasteiger charge is -2.17. The van der Waals surface area contributed by atoms with Crippen LogP contribution in [0.5, 0.6) is 0 Å². The Morgan fingerprint density at radius 3 is 1.85 bits per heavy atom. The zero-order valence-corrected chi connectivity index (χ0v) is 21.9. The molecule has 1 aromatic heterocycles. The maximum atomic E-state index is 6.16. The molecule has 7 rings (SSSR count). The zero-order chi connectivity index (χ0) is 26.2. The average Bonchev–Trinajstić information content (AvgIpc) is 3.01. The number of benzene rings is 5. The van der Waals surface area contributed by atoms with Crippen LogP contribution in [0.2, 0.25) is 5.02 Å². The summed E-state index contributed by atoms with van der Waals surface area (Å²) in [7, 11) is 0. The van der Waals surface area contributed by atoms with Crippen molar-refractivity contribution in [1.82, 2.24) is 15.0 Å². The molecule has 0 aliphatic heterocycles. The lowest BCUT2D eigenvalue weighted by molar-refractivity contribution is 0.855. The largest absolute Gasteiger partial charge is 0.208 e. The zero-order valence-electron chi connectivity index (χ0n) is 21.1. The third kappa shape index (κ3) is 4.73. The molecule has 1 atom stereocenters. The molecule has 39 heavy (non-hydrogen) atoms. The lowest BCUT2D eigenvalue weighted by Crippen LogP contribution is -2.05. The minimum Gasteiger partial charge on any atom is -0.208 e. The molecule has 0 spiro atoms. The highest BCUT2D eigenvalue weighted by Gasteiger charge is 2.17. The minimum atomic E-state index is 0.316. The number of hydrogen-bond donors (Lipinski definition) is 0. The second-order valence-electron chi connectivity index (χ2n) is 9.84. The van der Waals surface area contributed by atoms with Crippen LogP contribution >= 0.6 is 11.6 Å². The van der Waals surface area contributed by atoms with E-state index < -0.39 is 0 Å². The average molecular weight is 522 g/mol. The second-order valence-corrected chi connectivity index (χ2v) is 10.3. The monoisotopic (exact) mass is 521 g/mol. The van der Waals surface area contributed by atoms with Crippen LogP contribution in [0.4, 0.5) is 0 Å². The maximum Gasteiger partial charge on any atom is 0.164 e. The summed E-state index contributed by atoms with van der Waals surface area (Å²) < 4.78 is 0. The van der Waals surface area contributed by atoms with Crippen molar-refractivity contribution in [3.05, 3.63) is 144 Å². The van der Waals surface area contributed by atoms with Gasteiger partial charge in [0, 0.05) is 27.6 Å². The van der Waals surface area contributed by atoms with E-state index >= 15 is 0 Å². The molecule has 1 aliphatic rings. The van der Waals surface area contributed by atoms with E-state index in [1.807, 2.05) is 30.3 Å². The Balaban J connectivity index is 1.27. The normalized spacial score (nSPS) is 15.0. The van der Waals surface area contributed by atoms with Crippen LogP contribution < -0.4 is 0 Å². The van der Waals surface area contributed by atoms with Gasteiger partial charge in [-0.1, -0.05) is 109 Å². The van der Waals surface area contributed by atoms with E-state index in [1.165, 1.54) is 21.7 Å². The van der Waals surface area contributed by atoms with Gasteiger partial charge in [0.2, 0.25) is 0 Å². The van der Waals surface area contributed by atoms with Crippen LogP contribution in [-0.2, 0) is 0 Å². The van der Waals surface area contributed by atoms with Crippen LogP contribution in [0.1, 0.15) is 23.7 Å². The Labute approximate surface area is 232 Å². The molecule has 1 aliphatic carbocycles. The van der Waals surface area contributed by atoms with Crippen molar-refractivity contribution in [1.29, 1.82) is 0 Å². The number of aromatic nitrogens is 3. The second kappa shape index (κ2) is 9.94. The molecular formula is C35H24ClN3. The Kier molecular flexibility index (Phi) is 5.99. The van der Waals surface area contributed by atoms with Gasteiger partial charge in [0.1, 0.15) is 0 Å². The van der Waals surface area contributed by atoms with Gasteiger partial charge in [-0.2, -0.15) is 0 Å². The van der Waals surface area contributed by atoms with Crippen molar-refractivity contribution in [3.8, 4) is 22.8 Å². The standard InChI is InChI=1S/C35H24ClN3/c36-32-19-17-27(18-20-32)34-37-33(38-35(39-34)31-16-12-24-6-2-4-8-29(24)22-31)26-13-9-25(10-14-26)30-15-11-23-5-1-3-7-28(23)21-30/h1-9,11-22,25H,10H2. The van der Waals surface area contributed by atoms with Crippen molar-refractivity contribution in [2.24, 2.45) is 0 Å². The van der Waals surface area contributed by atoms with Crippen molar-refractivity contribution >= 4 is 38.7 Å². The maximum absolute atomic E-state index is 6.16. The van der Waals surface area contributed by atoms with Crippen LogP contribution in [0.3, 0.4) is 0 Å². The molecule has 0 saturated carbocycles. The quantitative estimate of drug-likeness (QED) is 0.232. The number of halogens is 1. The molecule has 0 bridgehead atoms. The van der Waals surface area contributed by atoms with Crippen molar-refractivity contribution < 1.29 is 0 Å². The SMILES string of the molecule is Clc1ccc(-c2nc(C3=CCC(c4ccc5ccccc5c4)C=C3)nc(-c3ccc4ccccc4c3)n2)cc1. The Morgan fingerprint density at radius 2 is 1.15 bits per heavy atom. The molecule has 5 aromatic carbocycles. The third-order valence-corrected chi connectivity index (χ3v) is 7.56. The minimum absolute atomic E-state index is 0.316. The molecule has 6 aromatic rings. The van der Waals surface area contributed by atoms with Gasteiger partial charge >= 0.3 is 0 Å². The highest BCUT2D eigenvalue weighted by Crippen LogP contribution is 2.33. The fourth-order valence-electron chi connectivity index (χ4n) is 5.16. The first kappa shape index (κ1) is 23.5. The molecule has 4 heteroatoms. The summed E-state index contributed by atoms with van der Waals surface area (Å²) in [6.45, 7) is 0. The molecule has 0 fully saturated rings. The lowest BCUT2D eigenvalue weighted by atomic mass is 9.89. The Bertz CT molecular complexity index is 1900. The summed E-state index contributed by atoms with van der Waals surface area (Å²) in [5.41, 5.74) is 4.18. The van der Waals surface area contributed by atoms with E-state index in [0.717, 1.165) is 28.5 Å². The summed E-state index contributed by atoms with van der Waals surface area (Å²) in [4.78, 5) is 14.7. The van der Waals surface area contributed by atoms with Crippen molar-refractivity contribution in [3.63, 3.8) is 0 Å². The van der Waals surface area contributed by atoms with Gasteiger partial charge in [-0.25, -0.2) is 15.0 Å². The first-order valence-electron chi connectivity index (χ1n) is 13.1. The summed E-state index contributed by atoms with van der Waals surface area (Å²) in [6, 6.07) is 37.5. The van der Waals surface area contributed by atoms with Gasteiger partial charge in [0.05, 0.1) is 0 Å². The Morgan fingerprint density at radius 1 is 0.564 bits per heavy atom. The molecule has 1 unspecified atom stereocenters. The number of rotatable bonds is 4. The van der Waals surface area contributed by atoms with Gasteiger partial charge in [0.15, 0.2) is 17.5 Å². The summed E-state index contributed by atoms with van der Waals surface area (Å²) in [5.74, 6) is 2.27. The molecule has 0 radical (unpaired) electrons. The van der Waals surface area contributed by atoms with Crippen molar-refractivity contribution in [2.45, 2.75) is 12.3 Å². The van der Waals surface area contributed by atoms with Gasteiger partial charge in [-0.15, -0.1) is 0 Å². The molecule has 1 heterocycles. The van der Waals surface area contributed by atoms with Crippen LogP contribution in [0, 0.1) is 0 Å². The highest BCUT2D eigenvalue weighted by atomic mass is 35.5. The number of nitrogens with zero attached hydrogens (tertiary/aromatic N) is 3. The predicted octanol–water partition coefficient (Wildman–Crippen LogP) is 9.29. The van der Waals surface area contributed by atoms with E-state index in [-0.39, 0.29) is 0 Å². The summed E-state index contributed by atoms with van der Waals surface area (Å²) >= 11 is 6.16. The highest BCUT2D eigenvalue weighted by molar-refractivity contribution is 6.30. The van der Waals surface area contributed by atoms with Crippen LogP contribution in [0.25, 0.3) is 49.9 Å². The predicted molar refractivity (Wildman–Crippen MR) is 162 cm³/mol. The molecule has 0 N–H and O–H groups in total. The Hall–Kier alpha value is -4.60. The van der Waals surface area contributed by atoms with E-state index in [4.69, 9.17) is 26.6 Å². The van der Waals surface area contributed by atoms with Gasteiger partial charge in [0.25, 0.3) is 0 Å². The molecule has 186 valence electrons. The summed E-state index contributed by atoms with van der Waals surface area (Å²) in [6.07, 6.45) is 7.54. The van der Waals surface area contributed by atoms with E-state index in [9.17, 15) is 0 Å². The summed E-state index contributed by atoms with van der Waals surface area (Å²) in [5, 5.41) is 5.55. The fourth-order valence-corrected chi connectivity index (χ4v) is 5.29. The number of hydrogen-bond acceptors (Lipinski definition) is 3. The molecule has 0 saturated heterocycles. The van der Waals surface area contributed by atoms with Crippen LogP contribution in [-0.4, -0.2) is 15.0 Å². The first-order valence-corrected chi connectivity index (χ1v) is 13.5. The smallest absolute Gasteiger partial charge is 0.164 e. The fraction of sp³-hybridized carbons (Fsp3) is 0.0571.